The van der Waals surface area contributed by atoms with Crippen molar-refractivity contribution in [1.29, 1.82) is 0 Å². The third-order valence-electron chi connectivity index (χ3n) is 3.38. The Labute approximate surface area is 147 Å². The molecule has 2 aromatic carbocycles. The molecule has 0 saturated heterocycles. The van der Waals surface area contributed by atoms with Crippen LogP contribution in [-0.2, 0) is 14.6 Å². The molecule has 0 aliphatic heterocycles. The molecule has 0 aromatic heterocycles. The minimum Gasteiger partial charge on any atom is -0.497 e. The number of hydrogen-bond acceptors (Lipinski definition) is 5. The molecule has 0 spiro atoms. The Kier molecular flexibility index (Phi) is 5.82. The fraction of sp³-hybridized carbons (Fsp3) is 0.167. The molecule has 0 unspecified atom stereocenters. The summed E-state index contributed by atoms with van der Waals surface area (Å²) in [5.74, 6) is 0.835. The summed E-state index contributed by atoms with van der Waals surface area (Å²) < 4.78 is 33.5. The van der Waals surface area contributed by atoms with Crippen molar-refractivity contribution in [2.75, 3.05) is 25.8 Å². The average molecular weight is 361 g/mol. The maximum Gasteiger partial charge on any atom is 0.248 e. The summed E-state index contributed by atoms with van der Waals surface area (Å²) in [6.07, 6.45) is 4.06. The van der Waals surface area contributed by atoms with Crippen LogP contribution in [0.15, 0.2) is 53.4 Å². The van der Waals surface area contributed by atoms with Crippen LogP contribution in [0.25, 0.3) is 6.08 Å². The van der Waals surface area contributed by atoms with Gasteiger partial charge in [-0.1, -0.05) is 6.07 Å². The maximum atomic E-state index is 12.1. The van der Waals surface area contributed by atoms with E-state index in [2.05, 4.69) is 5.32 Å². The van der Waals surface area contributed by atoms with Gasteiger partial charge in [0.2, 0.25) is 5.91 Å². The van der Waals surface area contributed by atoms with Crippen molar-refractivity contribution in [1.82, 2.24) is 0 Å². The first-order valence-electron chi connectivity index (χ1n) is 7.34. The quantitative estimate of drug-likeness (QED) is 0.800. The maximum absolute atomic E-state index is 12.1. The van der Waals surface area contributed by atoms with Crippen molar-refractivity contribution in [2.24, 2.45) is 0 Å². The zero-order valence-electron chi connectivity index (χ0n) is 14.1. The van der Waals surface area contributed by atoms with E-state index in [1.807, 2.05) is 0 Å². The van der Waals surface area contributed by atoms with Crippen LogP contribution in [0.3, 0.4) is 0 Å². The fourth-order valence-electron chi connectivity index (χ4n) is 2.11. The Morgan fingerprint density at radius 3 is 2.48 bits per heavy atom. The molecular weight excluding hydrogens is 342 g/mol. The molecule has 1 N–H and O–H groups in total. The van der Waals surface area contributed by atoms with Gasteiger partial charge >= 0.3 is 0 Å². The minimum atomic E-state index is -3.33. The highest BCUT2D eigenvalue weighted by atomic mass is 32.2. The van der Waals surface area contributed by atoms with Crippen LogP contribution in [0.1, 0.15) is 5.56 Å². The van der Waals surface area contributed by atoms with Gasteiger partial charge in [0.25, 0.3) is 0 Å². The van der Waals surface area contributed by atoms with Gasteiger partial charge in [-0.2, -0.15) is 0 Å². The van der Waals surface area contributed by atoms with Crippen molar-refractivity contribution in [3.05, 3.63) is 54.1 Å². The highest BCUT2D eigenvalue weighted by molar-refractivity contribution is 7.90. The number of hydrogen-bond donors (Lipinski definition) is 1. The normalized spacial score (nSPS) is 11.3. The molecule has 0 bridgehead atoms. The monoisotopic (exact) mass is 361 g/mol. The Morgan fingerprint density at radius 1 is 1.08 bits per heavy atom. The van der Waals surface area contributed by atoms with Gasteiger partial charge in [-0.25, -0.2) is 8.42 Å². The number of amides is 1. The molecule has 25 heavy (non-hydrogen) atoms. The highest BCUT2D eigenvalue weighted by Gasteiger charge is 2.08. The van der Waals surface area contributed by atoms with Gasteiger partial charge in [-0.05, 0) is 36.4 Å². The summed E-state index contributed by atoms with van der Waals surface area (Å²) >= 11 is 0. The number of carbonyl (C=O) groups is 1. The van der Waals surface area contributed by atoms with Crippen molar-refractivity contribution in [3.8, 4) is 11.5 Å². The molecule has 132 valence electrons. The molecule has 2 aromatic rings. The van der Waals surface area contributed by atoms with Crippen molar-refractivity contribution in [3.63, 3.8) is 0 Å². The van der Waals surface area contributed by atoms with E-state index in [0.717, 1.165) is 6.26 Å². The summed E-state index contributed by atoms with van der Waals surface area (Å²) in [5.41, 5.74) is 1.11. The Bertz CT molecular complexity index is 903. The van der Waals surface area contributed by atoms with Crippen LogP contribution in [0, 0.1) is 0 Å². The van der Waals surface area contributed by atoms with Crippen LogP contribution in [0.4, 0.5) is 5.69 Å². The SMILES string of the molecule is COc1ccc(/C=C/C(=O)Nc2cccc(S(C)(=O)=O)c2)c(OC)c1. The molecule has 0 atom stereocenters. The first-order chi connectivity index (χ1) is 11.8. The van der Waals surface area contributed by atoms with Crippen molar-refractivity contribution >= 4 is 27.5 Å². The van der Waals surface area contributed by atoms with Crippen molar-refractivity contribution in [2.45, 2.75) is 4.90 Å². The molecule has 6 nitrogen and oxygen atoms in total. The van der Waals surface area contributed by atoms with Crippen LogP contribution in [-0.4, -0.2) is 34.8 Å². The molecule has 0 aliphatic rings. The molecular formula is C18H19NO5S. The second-order valence-corrected chi connectivity index (χ2v) is 7.25. The second kappa shape index (κ2) is 7.85. The van der Waals surface area contributed by atoms with Gasteiger partial charge in [-0.3, -0.25) is 4.79 Å². The summed E-state index contributed by atoms with van der Waals surface area (Å²) in [7, 11) is -0.241. The van der Waals surface area contributed by atoms with Gasteiger partial charge in [0, 0.05) is 29.6 Å². The van der Waals surface area contributed by atoms with E-state index >= 15 is 0 Å². The molecule has 1 amide bonds. The topological polar surface area (TPSA) is 81.7 Å². The van der Waals surface area contributed by atoms with E-state index in [9.17, 15) is 13.2 Å². The number of anilines is 1. The van der Waals surface area contributed by atoms with Crippen molar-refractivity contribution < 1.29 is 22.7 Å². The molecule has 0 saturated carbocycles. The van der Waals surface area contributed by atoms with Crippen LogP contribution in [0.5, 0.6) is 11.5 Å². The molecule has 0 radical (unpaired) electrons. The number of sulfone groups is 1. The van der Waals surface area contributed by atoms with E-state index in [0.29, 0.717) is 22.7 Å². The van der Waals surface area contributed by atoms with E-state index < -0.39 is 9.84 Å². The zero-order valence-corrected chi connectivity index (χ0v) is 15.0. The lowest BCUT2D eigenvalue weighted by Crippen LogP contribution is -2.08. The number of rotatable bonds is 6. The summed E-state index contributed by atoms with van der Waals surface area (Å²) in [4.78, 5) is 12.2. The molecule has 7 heteroatoms. The number of benzene rings is 2. The molecule has 0 fully saturated rings. The lowest BCUT2D eigenvalue weighted by atomic mass is 10.1. The lowest BCUT2D eigenvalue weighted by molar-refractivity contribution is -0.111. The fourth-order valence-corrected chi connectivity index (χ4v) is 2.78. The average Bonchev–Trinajstić information content (AvgIpc) is 2.59. The first kappa shape index (κ1) is 18.5. The smallest absolute Gasteiger partial charge is 0.248 e. The number of ether oxygens (including phenoxy) is 2. The van der Waals surface area contributed by atoms with Gasteiger partial charge in [0.1, 0.15) is 11.5 Å². The summed E-state index contributed by atoms with van der Waals surface area (Å²) in [6.45, 7) is 0. The molecule has 0 aliphatic carbocycles. The Morgan fingerprint density at radius 2 is 1.84 bits per heavy atom. The van der Waals surface area contributed by atoms with Gasteiger partial charge < -0.3 is 14.8 Å². The van der Waals surface area contributed by atoms with Crippen LogP contribution in [0.2, 0.25) is 0 Å². The molecule has 2 rings (SSSR count). The number of nitrogens with one attached hydrogen (secondary N) is 1. The van der Waals surface area contributed by atoms with E-state index in [4.69, 9.17) is 9.47 Å². The number of methoxy groups -OCH3 is 2. The standard InChI is InChI=1S/C18H19NO5S/c1-23-15-9-7-13(17(12-15)24-2)8-10-18(20)19-14-5-4-6-16(11-14)25(3,21)22/h4-12H,1-3H3,(H,19,20)/b10-8+. The van der Waals surface area contributed by atoms with Gasteiger partial charge in [-0.15, -0.1) is 0 Å². The van der Waals surface area contributed by atoms with Crippen LogP contribution < -0.4 is 14.8 Å². The molecule has 0 heterocycles. The summed E-state index contributed by atoms with van der Waals surface area (Å²) in [5, 5.41) is 2.63. The third-order valence-corrected chi connectivity index (χ3v) is 4.49. The zero-order chi connectivity index (χ0) is 18.4. The Balaban J connectivity index is 2.14. The highest BCUT2D eigenvalue weighted by Crippen LogP contribution is 2.25. The third kappa shape index (κ3) is 5.09. The minimum absolute atomic E-state index is 0.145. The van der Waals surface area contributed by atoms with Gasteiger partial charge in [0.05, 0.1) is 19.1 Å². The number of carbonyl (C=O) groups excluding carboxylic acids is 1. The van der Waals surface area contributed by atoms with E-state index in [-0.39, 0.29) is 10.8 Å². The largest absolute Gasteiger partial charge is 0.497 e. The second-order valence-electron chi connectivity index (χ2n) is 5.23. The first-order valence-corrected chi connectivity index (χ1v) is 9.24. The van der Waals surface area contributed by atoms with Gasteiger partial charge in [0.15, 0.2) is 9.84 Å². The van der Waals surface area contributed by atoms with E-state index in [1.165, 1.54) is 25.3 Å². The van der Waals surface area contributed by atoms with Crippen LogP contribution >= 0.6 is 0 Å². The van der Waals surface area contributed by atoms with E-state index in [1.54, 1.807) is 43.5 Å². The lowest BCUT2D eigenvalue weighted by Gasteiger charge is -2.07. The predicted molar refractivity (Wildman–Crippen MR) is 96.8 cm³/mol. The Hall–Kier alpha value is -2.80. The predicted octanol–water partition coefficient (Wildman–Crippen LogP) is 2.76. The summed E-state index contributed by atoms with van der Waals surface area (Å²) in [6, 6.07) is 11.3.